The molecule has 0 fully saturated rings. The maximum absolute atomic E-state index is 12.5. The van der Waals surface area contributed by atoms with Gasteiger partial charge in [-0.05, 0) is 48.4 Å². The van der Waals surface area contributed by atoms with Gasteiger partial charge >= 0.3 is 0 Å². The molecule has 0 heterocycles. The molecule has 33 heavy (non-hydrogen) atoms. The van der Waals surface area contributed by atoms with Crippen molar-refractivity contribution in [1.82, 2.24) is 5.32 Å². The lowest BCUT2D eigenvalue weighted by Crippen LogP contribution is -2.23. The largest absolute Gasteiger partial charge is 0.490 e. The van der Waals surface area contributed by atoms with Crippen LogP contribution in [0, 0.1) is 18.3 Å². The summed E-state index contributed by atoms with van der Waals surface area (Å²) in [5, 5.41) is 12.9. The Bertz CT molecular complexity index is 1190. The summed E-state index contributed by atoms with van der Waals surface area (Å²) in [6.07, 6.45) is 1.41. The fourth-order valence-corrected chi connectivity index (χ4v) is 3.59. The Kier molecular flexibility index (Phi) is 8.77. The molecule has 0 radical (unpaired) electrons. The third-order valence-corrected chi connectivity index (χ3v) is 5.08. The van der Waals surface area contributed by atoms with Crippen LogP contribution in [0.1, 0.15) is 16.7 Å². The first-order valence-corrected chi connectivity index (χ1v) is 11.0. The number of halogens is 2. The number of nitrogens with zero attached hydrogens (tertiary/aromatic N) is 1. The molecule has 0 aliphatic carbocycles. The maximum Gasteiger partial charge on any atom is 0.262 e. The molecule has 3 rings (SSSR count). The van der Waals surface area contributed by atoms with Gasteiger partial charge in [-0.1, -0.05) is 65.7 Å². The number of hydrogen-bond acceptors (Lipinski definition) is 4. The molecule has 0 aromatic heterocycles. The third kappa shape index (κ3) is 7.28. The fourth-order valence-electron chi connectivity index (χ4n) is 3.03. The molecule has 0 unspecified atom stereocenters. The van der Waals surface area contributed by atoms with Crippen LogP contribution in [-0.4, -0.2) is 19.1 Å². The highest BCUT2D eigenvalue weighted by Crippen LogP contribution is 2.34. The summed E-state index contributed by atoms with van der Waals surface area (Å²) in [5.41, 5.74) is 2.35. The van der Waals surface area contributed by atoms with Crippen molar-refractivity contribution >= 4 is 35.2 Å². The van der Waals surface area contributed by atoms with Gasteiger partial charge in [0.25, 0.3) is 5.91 Å². The minimum Gasteiger partial charge on any atom is -0.490 e. The predicted molar refractivity (Wildman–Crippen MR) is 131 cm³/mol. The summed E-state index contributed by atoms with van der Waals surface area (Å²) in [6, 6.07) is 22.2. The second-order valence-corrected chi connectivity index (χ2v) is 8.00. The summed E-state index contributed by atoms with van der Waals surface area (Å²) in [7, 11) is 0. The molecular formula is C26H22Cl2N2O3. The molecule has 0 atom stereocenters. The van der Waals surface area contributed by atoms with E-state index in [9.17, 15) is 10.1 Å². The van der Waals surface area contributed by atoms with Gasteiger partial charge in [-0.3, -0.25) is 4.79 Å². The molecular weight excluding hydrogens is 459 g/mol. The molecule has 5 nitrogen and oxygen atoms in total. The van der Waals surface area contributed by atoms with E-state index in [4.69, 9.17) is 32.7 Å². The van der Waals surface area contributed by atoms with Crippen LogP contribution in [0.4, 0.5) is 0 Å². The van der Waals surface area contributed by atoms with Crippen LogP contribution in [0.2, 0.25) is 10.0 Å². The van der Waals surface area contributed by atoms with Crippen molar-refractivity contribution in [3.63, 3.8) is 0 Å². The lowest BCUT2D eigenvalue weighted by molar-refractivity contribution is -0.117. The molecule has 7 heteroatoms. The lowest BCUT2D eigenvalue weighted by Gasteiger charge is -2.13. The SMILES string of the molecule is Cc1cccc(OCCOc2c(Cl)cc(Cl)cc2/C=C(\C#N)C(=O)NCc2ccccc2)c1. The molecule has 0 spiro atoms. The average molecular weight is 481 g/mol. The predicted octanol–water partition coefficient (Wildman–Crippen LogP) is 5.98. The van der Waals surface area contributed by atoms with Crippen LogP contribution in [0.3, 0.4) is 0 Å². The van der Waals surface area contributed by atoms with E-state index in [2.05, 4.69) is 5.32 Å². The standard InChI is InChI=1S/C26H22Cl2N2O3/c1-18-6-5-9-23(12-18)32-10-11-33-25-20(14-22(27)15-24(25)28)13-21(16-29)26(31)30-17-19-7-3-2-4-8-19/h2-9,12-15H,10-11,17H2,1H3,(H,30,31)/b21-13+. The number of nitrogens with one attached hydrogen (secondary N) is 1. The molecule has 168 valence electrons. The number of nitriles is 1. The molecule has 3 aromatic rings. The molecule has 0 bridgehead atoms. The van der Waals surface area contributed by atoms with Gasteiger partial charge in [0.2, 0.25) is 0 Å². The minimum atomic E-state index is -0.508. The summed E-state index contributed by atoms with van der Waals surface area (Å²) in [4.78, 5) is 12.5. The lowest BCUT2D eigenvalue weighted by atomic mass is 10.1. The minimum absolute atomic E-state index is 0.0925. The van der Waals surface area contributed by atoms with Crippen molar-refractivity contribution in [2.75, 3.05) is 13.2 Å². The normalized spacial score (nSPS) is 10.9. The summed E-state index contributed by atoms with van der Waals surface area (Å²) < 4.78 is 11.5. The zero-order valence-corrected chi connectivity index (χ0v) is 19.5. The Balaban J connectivity index is 1.70. The number of carbonyl (C=O) groups excluding carboxylic acids is 1. The van der Waals surface area contributed by atoms with Crippen molar-refractivity contribution < 1.29 is 14.3 Å². The third-order valence-electron chi connectivity index (χ3n) is 4.59. The van der Waals surface area contributed by atoms with E-state index in [1.807, 2.05) is 67.6 Å². The van der Waals surface area contributed by atoms with Crippen molar-refractivity contribution in [2.24, 2.45) is 0 Å². The van der Waals surface area contributed by atoms with E-state index >= 15 is 0 Å². The van der Waals surface area contributed by atoms with E-state index in [1.54, 1.807) is 12.1 Å². The number of ether oxygens (including phenoxy) is 2. The van der Waals surface area contributed by atoms with Crippen molar-refractivity contribution in [3.05, 3.63) is 99.0 Å². The van der Waals surface area contributed by atoms with E-state index in [-0.39, 0.29) is 23.8 Å². The summed E-state index contributed by atoms with van der Waals surface area (Å²) >= 11 is 12.5. The smallest absolute Gasteiger partial charge is 0.262 e. The summed E-state index contributed by atoms with van der Waals surface area (Å²) in [6.45, 7) is 2.78. The second kappa shape index (κ2) is 12.0. The molecule has 1 amide bonds. The monoisotopic (exact) mass is 480 g/mol. The van der Waals surface area contributed by atoms with E-state index in [0.717, 1.165) is 16.9 Å². The van der Waals surface area contributed by atoms with E-state index in [1.165, 1.54) is 6.08 Å². The number of rotatable bonds is 9. The Morgan fingerprint density at radius 3 is 2.52 bits per heavy atom. The van der Waals surface area contributed by atoms with E-state index < -0.39 is 5.91 Å². The first-order chi connectivity index (χ1) is 16.0. The number of amides is 1. The molecule has 0 aliphatic rings. The Morgan fingerprint density at radius 1 is 1.03 bits per heavy atom. The van der Waals surface area contributed by atoms with Gasteiger partial charge in [-0.15, -0.1) is 0 Å². The van der Waals surface area contributed by atoms with E-state index in [0.29, 0.717) is 22.9 Å². The number of carbonyl (C=O) groups is 1. The highest BCUT2D eigenvalue weighted by molar-refractivity contribution is 6.36. The highest BCUT2D eigenvalue weighted by atomic mass is 35.5. The fraction of sp³-hybridized carbons (Fsp3) is 0.154. The maximum atomic E-state index is 12.5. The number of hydrogen-bond donors (Lipinski definition) is 1. The van der Waals surface area contributed by atoms with Crippen LogP contribution in [0.25, 0.3) is 6.08 Å². The average Bonchev–Trinajstić information content (AvgIpc) is 2.80. The van der Waals surface area contributed by atoms with Crippen LogP contribution in [-0.2, 0) is 11.3 Å². The van der Waals surface area contributed by atoms with Crippen LogP contribution >= 0.6 is 23.2 Å². The van der Waals surface area contributed by atoms with Gasteiger partial charge in [-0.2, -0.15) is 5.26 Å². The first-order valence-electron chi connectivity index (χ1n) is 10.2. The van der Waals surface area contributed by atoms with Gasteiger partial charge < -0.3 is 14.8 Å². The van der Waals surface area contributed by atoms with Gasteiger partial charge in [0.15, 0.2) is 0 Å². The van der Waals surface area contributed by atoms with Gasteiger partial charge in [-0.25, -0.2) is 0 Å². The second-order valence-electron chi connectivity index (χ2n) is 7.16. The van der Waals surface area contributed by atoms with Crippen LogP contribution < -0.4 is 14.8 Å². The van der Waals surface area contributed by atoms with Gasteiger partial charge in [0.1, 0.15) is 36.4 Å². The van der Waals surface area contributed by atoms with Crippen LogP contribution in [0.15, 0.2) is 72.3 Å². The zero-order chi connectivity index (χ0) is 23.6. The molecule has 1 N–H and O–H groups in total. The molecule has 0 saturated heterocycles. The Morgan fingerprint density at radius 2 is 1.79 bits per heavy atom. The Labute approximate surface area is 203 Å². The van der Waals surface area contributed by atoms with Gasteiger partial charge in [0, 0.05) is 17.1 Å². The zero-order valence-electron chi connectivity index (χ0n) is 18.0. The number of benzene rings is 3. The Hall–Kier alpha value is -3.46. The highest BCUT2D eigenvalue weighted by Gasteiger charge is 2.14. The van der Waals surface area contributed by atoms with Gasteiger partial charge in [0.05, 0.1) is 5.02 Å². The summed E-state index contributed by atoms with van der Waals surface area (Å²) in [5.74, 6) is 0.548. The quantitative estimate of drug-likeness (QED) is 0.232. The van der Waals surface area contributed by atoms with Crippen LogP contribution in [0.5, 0.6) is 11.5 Å². The van der Waals surface area contributed by atoms with Crippen molar-refractivity contribution in [1.29, 1.82) is 5.26 Å². The molecule has 0 saturated carbocycles. The van der Waals surface area contributed by atoms with Crippen molar-refractivity contribution in [3.8, 4) is 17.6 Å². The number of aryl methyl sites for hydroxylation is 1. The topological polar surface area (TPSA) is 71.3 Å². The van der Waals surface area contributed by atoms with Crippen molar-refractivity contribution in [2.45, 2.75) is 13.5 Å². The molecule has 0 aliphatic heterocycles. The first kappa shape index (κ1) is 24.2. The molecule has 3 aromatic carbocycles.